The number of unbranched alkanes of at least 4 members (excludes halogenated alkanes) is 4. The Balaban J connectivity index is 2.02. The summed E-state index contributed by atoms with van der Waals surface area (Å²) >= 11 is 0. The molecule has 64 heavy (non-hydrogen) atoms. The van der Waals surface area contributed by atoms with Gasteiger partial charge in [0.05, 0.1) is 26.4 Å². The Morgan fingerprint density at radius 1 is 0.578 bits per heavy atom. The van der Waals surface area contributed by atoms with Gasteiger partial charge in [-0.2, -0.15) is 0 Å². The molecule has 346 valence electrons. The van der Waals surface area contributed by atoms with Crippen LogP contribution in [0, 0.1) is 17.0 Å². The number of hydrogen-bond donors (Lipinski definition) is 0. The van der Waals surface area contributed by atoms with Gasteiger partial charge in [-0.15, -0.1) is 0 Å². The molecule has 0 bridgehead atoms. The van der Waals surface area contributed by atoms with Crippen LogP contribution in [0.5, 0.6) is 5.75 Å². The summed E-state index contributed by atoms with van der Waals surface area (Å²) in [5.41, 5.74) is 0.934. The van der Waals surface area contributed by atoms with Crippen molar-refractivity contribution < 1.29 is 70.7 Å². The number of aryl methyl sites for hydroxylation is 2. The van der Waals surface area contributed by atoms with E-state index >= 15 is 8.78 Å². The van der Waals surface area contributed by atoms with Gasteiger partial charge in [0.25, 0.3) is 0 Å². The van der Waals surface area contributed by atoms with Crippen LogP contribution in [0.3, 0.4) is 0 Å². The van der Waals surface area contributed by atoms with Gasteiger partial charge in [0, 0.05) is 11.1 Å². The molecular weight excluding hydrogens is 835 g/mol. The molecule has 0 heterocycles. The van der Waals surface area contributed by atoms with E-state index in [4.69, 9.17) is 23.7 Å². The zero-order valence-electron chi connectivity index (χ0n) is 37.3. The summed E-state index contributed by atoms with van der Waals surface area (Å²) in [5, 5.41) is 0. The second kappa shape index (κ2) is 26.3. The van der Waals surface area contributed by atoms with Crippen LogP contribution in [0.2, 0.25) is 0 Å². The van der Waals surface area contributed by atoms with E-state index in [0.717, 1.165) is 39.0 Å². The Hall–Kier alpha value is -6.38. The summed E-state index contributed by atoms with van der Waals surface area (Å²) in [6.45, 7) is 9.77. The molecular formula is C49H58F2O13. The number of halogens is 2. The fraction of sp³-hybridized carbons (Fsp3) is 0.429. The van der Waals surface area contributed by atoms with E-state index in [1.807, 2.05) is 24.3 Å². The van der Waals surface area contributed by atoms with Crippen LogP contribution in [-0.4, -0.2) is 83.1 Å². The average Bonchev–Trinajstić information content (AvgIpc) is 3.27. The van der Waals surface area contributed by atoms with Gasteiger partial charge in [-0.05, 0) is 91.6 Å². The van der Waals surface area contributed by atoms with Crippen molar-refractivity contribution in [3.05, 3.63) is 102 Å². The van der Waals surface area contributed by atoms with Crippen molar-refractivity contribution in [2.24, 2.45) is 5.41 Å². The number of rotatable bonds is 27. The molecule has 0 aliphatic heterocycles. The molecule has 3 aromatic rings. The summed E-state index contributed by atoms with van der Waals surface area (Å²) in [6.07, 6.45) is 5.53. The molecule has 0 spiro atoms. The molecule has 0 radical (unpaired) electrons. The minimum atomic E-state index is -1.68. The number of carbonyl (C=O) groups is 6. The summed E-state index contributed by atoms with van der Waals surface area (Å²) in [6, 6.07) is 14.6. The highest BCUT2D eigenvalue weighted by Crippen LogP contribution is 2.35. The maximum Gasteiger partial charge on any atom is 0.333 e. The normalized spacial score (nSPS) is 10.9. The molecule has 3 aromatic carbocycles. The Kier molecular flexibility index (Phi) is 21.3. The van der Waals surface area contributed by atoms with Crippen molar-refractivity contribution in [2.45, 2.75) is 85.0 Å². The summed E-state index contributed by atoms with van der Waals surface area (Å²) in [7, 11) is 2.15. The van der Waals surface area contributed by atoms with E-state index in [1.54, 1.807) is 0 Å². The van der Waals surface area contributed by atoms with E-state index in [0.29, 0.717) is 16.7 Å². The lowest BCUT2D eigenvalue weighted by Crippen LogP contribution is -2.44. The molecule has 0 amide bonds. The summed E-state index contributed by atoms with van der Waals surface area (Å²) in [5.74, 6) is -6.79. The fourth-order valence-electron chi connectivity index (χ4n) is 6.21. The molecule has 0 saturated heterocycles. The third-order valence-corrected chi connectivity index (χ3v) is 9.92. The molecule has 15 heteroatoms. The van der Waals surface area contributed by atoms with Gasteiger partial charge < -0.3 is 33.2 Å². The lowest BCUT2D eigenvalue weighted by Gasteiger charge is -2.32. The van der Waals surface area contributed by atoms with Crippen LogP contribution in [0.25, 0.3) is 22.3 Å². The van der Waals surface area contributed by atoms with E-state index in [9.17, 15) is 28.8 Å². The van der Waals surface area contributed by atoms with Gasteiger partial charge in [-0.3, -0.25) is 19.2 Å². The molecule has 0 atom stereocenters. The molecule has 0 aliphatic rings. The highest BCUT2D eigenvalue weighted by Gasteiger charge is 2.38. The van der Waals surface area contributed by atoms with Gasteiger partial charge >= 0.3 is 35.8 Å². The fourth-order valence-corrected chi connectivity index (χ4v) is 6.21. The van der Waals surface area contributed by atoms with Gasteiger partial charge in [-0.1, -0.05) is 76.1 Å². The number of esters is 6. The van der Waals surface area contributed by atoms with E-state index in [-0.39, 0.29) is 47.5 Å². The minimum Gasteiger partial charge on any atom is -0.492 e. The number of methoxy groups -OCH3 is 2. The number of benzene rings is 3. The van der Waals surface area contributed by atoms with Crippen molar-refractivity contribution in [1.29, 1.82) is 0 Å². The van der Waals surface area contributed by atoms with Crippen LogP contribution in [0.4, 0.5) is 8.78 Å². The predicted octanol–water partition coefficient (Wildman–Crippen LogP) is 8.56. The first-order valence-electron chi connectivity index (χ1n) is 21.0. The van der Waals surface area contributed by atoms with Crippen molar-refractivity contribution in [3.8, 4) is 28.0 Å². The van der Waals surface area contributed by atoms with Gasteiger partial charge in [0.15, 0.2) is 0 Å². The monoisotopic (exact) mass is 892 g/mol. The second-order valence-corrected chi connectivity index (χ2v) is 15.5. The smallest absolute Gasteiger partial charge is 0.333 e. The van der Waals surface area contributed by atoms with Crippen LogP contribution in [-0.2, 0) is 70.0 Å². The number of ether oxygens (including phenoxy) is 7. The Morgan fingerprint density at radius 3 is 1.66 bits per heavy atom. The van der Waals surface area contributed by atoms with E-state index in [1.165, 1.54) is 63.4 Å². The summed E-state index contributed by atoms with van der Waals surface area (Å²) in [4.78, 5) is 73.6. The molecule has 0 aromatic heterocycles. The SMILES string of the molecule is C=C(C)C(=O)OCCCc1cc(-c2c(F)cc(-c3ccc(CCCCCCC)cc3)cc2F)ccc1OCC(COC(=O)CC(=O)OC)(COC(=O)CC(=O)OC)COC(=O)C(=C)C. The number of carbonyl (C=O) groups excluding carboxylic acids is 6. The van der Waals surface area contributed by atoms with Crippen molar-refractivity contribution >= 4 is 35.8 Å². The topological polar surface area (TPSA) is 167 Å². The largest absolute Gasteiger partial charge is 0.492 e. The van der Waals surface area contributed by atoms with E-state index < -0.39 is 92.1 Å². The predicted molar refractivity (Wildman–Crippen MR) is 233 cm³/mol. The van der Waals surface area contributed by atoms with Gasteiger partial charge in [-0.25, -0.2) is 18.4 Å². The zero-order chi connectivity index (χ0) is 47.2. The second-order valence-electron chi connectivity index (χ2n) is 15.5. The van der Waals surface area contributed by atoms with Crippen molar-refractivity contribution in [2.75, 3.05) is 47.3 Å². The van der Waals surface area contributed by atoms with Crippen LogP contribution >= 0.6 is 0 Å². The summed E-state index contributed by atoms with van der Waals surface area (Å²) < 4.78 is 68.8. The highest BCUT2D eigenvalue weighted by atomic mass is 19.1. The first kappa shape index (κ1) is 52.0. The van der Waals surface area contributed by atoms with Crippen LogP contribution in [0.1, 0.15) is 83.3 Å². The van der Waals surface area contributed by atoms with Gasteiger partial charge in [0.2, 0.25) is 0 Å². The maximum absolute atomic E-state index is 16.0. The average molecular weight is 893 g/mol. The molecule has 0 N–H and O–H groups in total. The Morgan fingerprint density at radius 2 is 1.11 bits per heavy atom. The highest BCUT2D eigenvalue weighted by molar-refractivity contribution is 5.92. The third kappa shape index (κ3) is 17.1. The quantitative estimate of drug-likeness (QED) is 0.0235. The first-order chi connectivity index (χ1) is 30.5. The zero-order valence-corrected chi connectivity index (χ0v) is 37.3. The molecule has 0 saturated carbocycles. The van der Waals surface area contributed by atoms with Crippen LogP contribution in [0.15, 0.2) is 78.9 Å². The maximum atomic E-state index is 16.0. The first-order valence-corrected chi connectivity index (χ1v) is 21.0. The Labute approximate surface area is 373 Å². The van der Waals surface area contributed by atoms with Crippen molar-refractivity contribution in [3.63, 3.8) is 0 Å². The molecule has 0 unspecified atom stereocenters. The Bertz CT molecular complexity index is 2070. The molecule has 3 rings (SSSR count). The standard InChI is InChI=1S/C49H58F2O13/c1-8-9-10-11-12-14-34-16-18-35(19-17-34)38-24-39(50)46(40(51)25-38)37-20-21-41(36(23-37)15-13-22-60-47(56)32(2)3)61-28-49(31-64-48(57)33(4)5,29-62-44(54)26-42(52)58-6)30-63-45(55)27-43(53)59-7/h16-21,23-25H,2,4,8-15,22,26-31H2,1,3,5-7H3. The van der Waals surface area contributed by atoms with Crippen molar-refractivity contribution in [1.82, 2.24) is 0 Å². The molecule has 0 aliphatic carbocycles. The van der Waals surface area contributed by atoms with Gasteiger partial charge in [0.1, 0.15) is 62.1 Å². The van der Waals surface area contributed by atoms with E-state index in [2.05, 4.69) is 29.6 Å². The number of hydrogen-bond acceptors (Lipinski definition) is 13. The third-order valence-electron chi connectivity index (χ3n) is 9.92. The minimum absolute atomic E-state index is 0.0133. The molecule has 13 nitrogen and oxygen atoms in total. The lowest BCUT2D eigenvalue weighted by molar-refractivity contribution is -0.165. The lowest BCUT2D eigenvalue weighted by atomic mass is 9.91. The van der Waals surface area contributed by atoms with Crippen LogP contribution < -0.4 is 4.74 Å². The molecule has 0 fully saturated rings.